The Morgan fingerprint density at radius 2 is 2.11 bits per heavy atom. The van der Waals surface area contributed by atoms with Gasteiger partial charge in [0.1, 0.15) is 5.75 Å². The van der Waals surface area contributed by atoms with Crippen LogP contribution in [0.5, 0.6) is 5.75 Å². The zero-order valence-electron chi connectivity index (χ0n) is 11.2. The lowest BCUT2D eigenvalue weighted by atomic mass is 9.89. The van der Waals surface area contributed by atoms with Gasteiger partial charge in [-0.3, -0.25) is 0 Å². The minimum Gasteiger partial charge on any atom is -0.497 e. The van der Waals surface area contributed by atoms with Gasteiger partial charge in [-0.25, -0.2) is 0 Å². The maximum Gasteiger partial charge on any atom is 0.159 e. The van der Waals surface area contributed by atoms with Crippen molar-refractivity contribution in [2.24, 2.45) is 5.16 Å². The molecule has 1 heterocycles. The summed E-state index contributed by atoms with van der Waals surface area (Å²) < 4.78 is 16.1. The fourth-order valence-electron chi connectivity index (χ4n) is 2.24. The SMILES string of the molecule is CCO[C@@H]1C[C@@H](c2ccc(OC)cc2)/C(=N/O)CO1. The summed E-state index contributed by atoms with van der Waals surface area (Å²) in [6.45, 7) is 2.82. The summed E-state index contributed by atoms with van der Waals surface area (Å²) in [6, 6.07) is 7.75. The molecule has 0 aromatic heterocycles. The molecule has 104 valence electrons. The third-order valence-corrected chi connectivity index (χ3v) is 3.25. The maximum atomic E-state index is 9.08. The molecule has 0 aliphatic carbocycles. The Morgan fingerprint density at radius 3 is 2.68 bits per heavy atom. The van der Waals surface area contributed by atoms with Gasteiger partial charge >= 0.3 is 0 Å². The summed E-state index contributed by atoms with van der Waals surface area (Å²) in [5, 5.41) is 12.4. The third-order valence-electron chi connectivity index (χ3n) is 3.25. The van der Waals surface area contributed by atoms with E-state index in [9.17, 15) is 0 Å². The van der Waals surface area contributed by atoms with Gasteiger partial charge in [-0.2, -0.15) is 0 Å². The van der Waals surface area contributed by atoms with Gasteiger partial charge < -0.3 is 19.4 Å². The summed E-state index contributed by atoms with van der Waals surface area (Å²) in [7, 11) is 1.63. The molecule has 5 nitrogen and oxygen atoms in total. The molecule has 0 bridgehead atoms. The van der Waals surface area contributed by atoms with Crippen LogP contribution in [-0.4, -0.2) is 37.5 Å². The highest BCUT2D eigenvalue weighted by molar-refractivity contribution is 5.92. The standard InChI is InChI=1S/C14H19NO4/c1-3-18-14-8-12(13(15-16)9-19-14)10-4-6-11(17-2)7-5-10/h4-7,12,14,16H,3,8-9H2,1-2H3/b15-13+/t12-,14-/m0/s1. The van der Waals surface area contributed by atoms with E-state index in [-0.39, 0.29) is 18.8 Å². The molecule has 5 heteroatoms. The number of rotatable bonds is 4. The topological polar surface area (TPSA) is 60.3 Å². The minimum atomic E-state index is -0.248. The Morgan fingerprint density at radius 1 is 1.37 bits per heavy atom. The molecule has 0 saturated carbocycles. The molecule has 2 atom stereocenters. The number of hydrogen-bond acceptors (Lipinski definition) is 5. The summed E-state index contributed by atoms with van der Waals surface area (Å²) in [6.07, 6.45) is 0.405. The highest BCUT2D eigenvalue weighted by Crippen LogP contribution is 2.30. The molecule has 0 unspecified atom stereocenters. The van der Waals surface area contributed by atoms with E-state index in [0.717, 1.165) is 11.3 Å². The van der Waals surface area contributed by atoms with Crippen LogP contribution in [0.3, 0.4) is 0 Å². The lowest BCUT2D eigenvalue weighted by Gasteiger charge is -2.30. The quantitative estimate of drug-likeness (QED) is 0.670. The molecule has 0 spiro atoms. The summed E-state index contributed by atoms with van der Waals surface area (Å²) >= 11 is 0. The van der Waals surface area contributed by atoms with Crippen molar-refractivity contribution < 1.29 is 19.4 Å². The molecule has 1 aromatic carbocycles. The molecule has 1 N–H and O–H groups in total. The van der Waals surface area contributed by atoms with Crippen molar-refractivity contribution in [3.05, 3.63) is 29.8 Å². The smallest absolute Gasteiger partial charge is 0.159 e. The summed E-state index contributed by atoms with van der Waals surface area (Å²) in [4.78, 5) is 0. The van der Waals surface area contributed by atoms with E-state index in [0.29, 0.717) is 18.7 Å². The molecule has 0 amide bonds. The van der Waals surface area contributed by atoms with Gasteiger partial charge in [0.2, 0.25) is 0 Å². The lowest BCUT2D eigenvalue weighted by molar-refractivity contribution is -0.141. The Hall–Kier alpha value is -1.59. The molecule has 1 aliphatic rings. The van der Waals surface area contributed by atoms with Crippen LogP contribution >= 0.6 is 0 Å². The first kappa shape index (κ1) is 13.8. The Labute approximate surface area is 112 Å². The van der Waals surface area contributed by atoms with Crippen LogP contribution in [-0.2, 0) is 9.47 Å². The van der Waals surface area contributed by atoms with Gasteiger partial charge in [0.15, 0.2) is 6.29 Å². The van der Waals surface area contributed by atoms with Crippen molar-refractivity contribution in [2.45, 2.75) is 25.6 Å². The van der Waals surface area contributed by atoms with Crippen LogP contribution in [0.1, 0.15) is 24.8 Å². The van der Waals surface area contributed by atoms with Crippen LogP contribution in [0.15, 0.2) is 29.4 Å². The number of methoxy groups -OCH3 is 1. The number of ether oxygens (including phenoxy) is 3. The molecule has 1 saturated heterocycles. The van der Waals surface area contributed by atoms with Crippen molar-refractivity contribution in [1.29, 1.82) is 0 Å². The Kier molecular flexibility index (Phi) is 4.76. The third kappa shape index (κ3) is 3.24. The van der Waals surface area contributed by atoms with Crippen LogP contribution in [0, 0.1) is 0 Å². The lowest BCUT2D eigenvalue weighted by Crippen LogP contribution is -2.34. The highest BCUT2D eigenvalue weighted by Gasteiger charge is 2.30. The number of benzene rings is 1. The van der Waals surface area contributed by atoms with E-state index in [2.05, 4.69) is 5.16 Å². The predicted octanol–water partition coefficient (Wildman–Crippen LogP) is 2.39. The first-order valence-corrected chi connectivity index (χ1v) is 6.36. The van der Waals surface area contributed by atoms with Crippen molar-refractivity contribution in [3.8, 4) is 5.75 Å². The molecule has 1 aromatic rings. The molecule has 1 fully saturated rings. The second-order valence-corrected chi connectivity index (χ2v) is 4.35. The van der Waals surface area contributed by atoms with Crippen molar-refractivity contribution in [2.75, 3.05) is 20.3 Å². The van der Waals surface area contributed by atoms with Gasteiger partial charge in [0.05, 0.1) is 19.4 Å². The second kappa shape index (κ2) is 6.54. The number of nitrogens with zero attached hydrogens (tertiary/aromatic N) is 1. The van der Waals surface area contributed by atoms with Gasteiger partial charge in [-0.05, 0) is 24.6 Å². The minimum absolute atomic E-state index is 0.0150. The number of oxime groups is 1. The van der Waals surface area contributed by atoms with Gasteiger partial charge in [-0.1, -0.05) is 17.3 Å². The molecular formula is C14H19NO4. The van der Waals surface area contributed by atoms with Crippen molar-refractivity contribution in [3.63, 3.8) is 0 Å². The fourth-order valence-corrected chi connectivity index (χ4v) is 2.24. The van der Waals surface area contributed by atoms with Gasteiger partial charge in [-0.15, -0.1) is 0 Å². The first-order valence-electron chi connectivity index (χ1n) is 6.36. The Bertz CT molecular complexity index is 430. The van der Waals surface area contributed by atoms with E-state index in [4.69, 9.17) is 19.4 Å². The average molecular weight is 265 g/mol. The van der Waals surface area contributed by atoms with E-state index in [1.54, 1.807) is 7.11 Å². The van der Waals surface area contributed by atoms with E-state index in [1.807, 2.05) is 31.2 Å². The molecule has 1 aliphatic heterocycles. The molecule has 2 rings (SSSR count). The van der Waals surface area contributed by atoms with Crippen LogP contribution in [0.25, 0.3) is 0 Å². The molecule has 0 radical (unpaired) electrons. The summed E-state index contributed by atoms with van der Waals surface area (Å²) in [5.41, 5.74) is 1.70. The molecule has 19 heavy (non-hydrogen) atoms. The Balaban J connectivity index is 2.17. The fraction of sp³-hybridized carbons (Fsp3) is 0.500. The highest BCUT2D eigenvalue weighted by atomic mass is 16.7. The van der Waals surface area contributed by atoms with Gasteiger partial charge in [0.25, 0.3) is 0 Å². The van der Waals surface area contributed by atoms with Crippen LogP contribution < -0.4 is 4.74 Å². The maximum absolute atomic E-state index is 9.08. The normalized spacial score (nSPS) is 25.5. The second-order valence-electron chi connectivity index (χ2n) is 4.35. The zero-order valence-corrected chi connectivity index (χ0v) is 11.2. The number of hydrogen-bond donors (Lipinski definition) is 1. The summed E-state index contributed by atoms with van der Waals surface area (Å²) in [5.74, 6) is 0.820. The largest absolute Gasteiger partial charge is 0.497 e. The average Bonchev–Trinajstić information content (AvgIpc) is 2.47. The predicted molar refractivity (Wildman–Crippen MR) is 70.9 cm³/mol. The van der Waals surface area contributed by atoms with E-state index >= 15 is 0 Å². The first-order chi connectivity index (χ1) is 9.28. The van der Waals surface area contributed by atoms with E-state index in [1.165, 1.54) is 0 Å². The van der Waals surface area contributed by atoms with E-state index < -0.39 is 0 Å². The van der Waals surface area contributed by atoms with Crippen LogP contribution in [0.4, 0.5) is 0 Å². The zero-order chi connectivity index (χ0) is 13.7. The van der Waals surface area contributed by atoms with Crippen molar-refractivity contribution >= 4 is 5.71 Å². The van der Waals surface area contributed by atoms with Crippen LogP contribution in [0.2, 0.25) is 0 Å². The molecular weight excluding hydrogens is 246 g/mol. The van der Waals surface area contributed by atoms with Gasteiger partial charge in [0, 0.05) is 18.9 Å². The monoisotopic (exact) mass is 265 g/mol. The van der Waals surface area contributed by atoms with Crippen molar-refractivity contribution in [1.82, 2.24) is 0 Å².